The first-order valence-corrected chi connectivity index (χ1v) is 7.88. The molecule has 0 amide bonds. The number of thiol groups is 1. The van der Waals surface area contributed by atoms with Crippen molar-refractivity contribution in [2.24, 2.45) is 0 Å². The van der Waals surface area contributed by atoms with Crippen LogP contribution in [-0.4, -0.2) is 26.1 Å². The predicted molar refractivity (Wildman–Crippen MR) is 92.0 cm³/mol. The van der Waals surface area contributed by atoms with Gasteiger partial charge in [-0.25, -0.2) is 4.98 Å². The minimum absolute atomic E-state index is 0.249. The second kappa shape index (κ2) is 6.67. The number of benzene rings is 1. The number of nitrogens with zero attached hydrogens (tertiary/aromatic N) is 5. The van der Waals surface area contributed by atoms with Gasteiger partial charge in [0.2, 0.25) is 5.95 Å². The summed E-state index contributed by atoms with van der Waals surface area (Å²) in [6.07, 6.45) is 2.09. The highest BCUT2D eigenvalue weighted by molar-refractivity contribution is 7.80. The van der Waals surface area contributed by atoms with E-state index < -0.39 is 0 Å². The Balaban J connectivity index is 2.16. The van der Waals surface area contributed by atoms with Crippen LogP contribution in [0.15, 0.2) is 35.5 Å². The van der Waals surface area contributed by atoms with Gasteiger partial charge in [0.05, 0.1) is 0 Å². The molecule has 3 aromatic rings. The van der Waals surface area contributed by atoms with Gasteiger partial charge >= 0.3 is 0 Å². The summed E-state index contributed by atoms with van der Waals surface area (Å²) in [7, 11) is 0. The van der Waals surface area contributed by atoms with Crippen molar-refractivity contribution in [2.75, 3.05) is 11.9 Å². The zero-order chi connectivity index (χ0) is 16.2. The highest BCUT2D eigenvalue weighted by Gasteiger charge is 2.17. The van der Waals surface area contributed by atoms with Crippen LogP contribution in [0.2, 0.25) is 0 Å². The summed E-state index contributed by atoms with van der Waals surface area (Å²) in [6.45, 7) is 2.88. The highest BCUT2D eigenvalue weighted by Crippen LogP contribution is 2.24. The maximum absolute atomic E-state index is 9.36. The van der Waals surface area contributed by atoms with Gasteiger partial charge in [-0.3, -0.25) is 4.57 Å². The molecule has 1 N–H and O–H groups in total. The van der Waals surface area contributed by atoms with E-state index in [1.165, 1.54) is 0 Å². The Bertz CT molecular complexity index is 866. The summed E-state index contributed by atoms with van der Waals surface area (Å²) in [5.74, 6) is 0.438. The van der Waals surface area contributed by atoms with Crippen LogP contribution in [0.1, 0.15) is 25.5 Å². The molecule has 0 radical (unpaired) electrons. The third-order valence-electron chi connectivity index (χ3n) is 3.42. The fourth-order valence-electron chi connectivity index (χ4n) is 2.30. The first-order valence-electron chi connectivity index (χ1n) is 7.43. The van der Waals surface area contributed by atoms with Crippen LogP contribution in [0.25, 0.3) is 16.9 Å². The Labute approximate surface area is 139 Å². The number of hydrogen-bond donors (Lipinski definition) is 2. The van der Waals surface area contributed by atoms with Crippen LogP contribution in [-0.2, 0) is 0 Å². The molecule has 0 saturated heterocycles. The lowest BCUT2D eigenvalue weighted by Gasteiger charge is -2.07. The fraction of sp³-hybridized carbons (Fsp3) is 0.250. The van der Waals surface area contributed by atoms with E-state index in [1.54, 1.807) is 0 Å². The van der Waals surface area contributed by atoms with E-state index >= 15 is 0 Å². The number of aromatic nitrogens is 4. The molecular weight excluding hydrogens is 308 g/mol. The van der Waals surface area contributed by atoms with E-state index in [1.807, 2.05) is 34.9 Å². The van der Waals surface area contributed by atoms with Crippen molar-refractivity contribution < 1.29 is 0 Å². The molecule has 0 aliphatic rings. The molecule has 0 bridgehead atoms. The van der Waals surface area contributed by atoms with Gasteiger partial charge in [0.1, 0.15) is 11.6 Å². The van der Waals surface area contributed by atoms with Gasteiger partial charge in [0, 0.05) is 12.2 Å². The lowest BCUT2D eigenvalue weighted by atomic mass is 10.3. The van der Waals surface area contributed by atoms with Gasteiger partial charge in [0.15, 0.2) is 16.5 Å². The van der Waals surface area contributed by atoms with Crippen molar-refractivity contribution >= 4 is 29.7 Å². The zero-order valence-electron chi connectivity index (χ0n) is 12.7. The largest absolute Gasteiger partial charge is 0.354 e. The van der Waals surface area contributed by atoms with E-state index in [-0.39, 0.29) is 5.69 Å². The van der Waals surface area contributed by atoms with Crippen LogP contribution < -0.4 is 5.32 Å². The fourth-order valence-corrected chi connectivity index (χ4v) is 2.61. The molecule has 1 aromatic carbocycles. The van der Waals surface area contributed by atoms with Crippen LogP contribution >= 0.6 is 12.6 Å². The summed E-state index contributed by atoms with van der Waals surface area (Å²) in [5.41, 5.74) is 2.18. The van der Waals surface area contributed by atoms with E-state index in [0.717, 1.165) is 25.1 Å². The Morgan fingerprint density at radius 1 is 1.22 bits per heavy atom. The van der Waals surface area contributed by atoms with E-state index in [9.17, 15) is 5.26 Å². The summed E-state index contributed by atoms with van der Waals surface area (Å²) >= 11 is 4.43. The van der Waals surface area contributed by atoms with Gasteiger partial charge in [0.25, 0.3) is 0 Å². The van der Waals surface area contributed by atoms with Crippen molar-refractivity contribution in [3.8, 4) is 11.8 Å². The number of rotatable bonds is 5. The van der Waals surface area contributed by atoms with E-state index in [2.05, 4.69) is 45.9 Å². The molecule has 2 aromatic heterocycles. The molecule has 3 rings (SSSR count). The van der Waals surface area contributed by atoms with Gasteiger partial charge in [-0.15, -0.1) is 12.6 Å². The first kappa shape index (κ1) is 15.3. The SMILES string of the molecule is CCCCNc1nc(C#N)c2nc(S)n(-c3ccccc3)c2n1. The molecule has 0 aliphatic heterocycles. The maximum atomic E-state index is 9.36. The number of nitrogens with one attached hydrogen (secondary N) is 1. The number of nitriles is 1. The molecule has 0 spiro atoms. The number of para-hydroxylation sites is 1. The standard InChI is InChI=1S/C16H16N6S/c1-2-3-9-18-15-19-12(10-17)13-14(21-15)22(16(23)20-13)11-7-5-4-6-8-11/h4-8H,2-3,9H2,1H3,(H,20,23)(H,18,19,21). The second-order valence-corrected chi connectivity index (χ2v) is 5.44. The number of imidazole rings is 1. The topological polar surface area (TPSA) is 79.4 Å². The molecule has 7 heteroatoms. The van der Waals surface area contributed by atoms with Crippen LogP contribution in [0.3, 0.4) is 0 Å². The molecule has 0 fully saturated rings. The third-order valence-corrected chi connectivity index (χ3v) is 3.72. The summed E-state index contributed by atoms with van der Waals surface area (Å²) < 4.78 is 1.81. The average Bonchev–Trinajstić information content (AvgIpc) is 2.91. The number of fused-ring (bicyclic) bond motifs is 1. The molecule has 0 saturated carbocycles. The number of anilines is 1. The third kappa shape index (κ3) is 2.98. The van der Waals surface area contributed by atoms with Crippen molar-refractivity contribution in [2.45, 2.75) is 24.9 Å². The van der Waals surface area contributed by atoms with Gasteiger partial charge < -0.3 is 5.32 Å². The monoisotopic (exact) mass is 324 g/mol. The summed E-state index contributed by atoms with van der Waals surface area (Å²) in [6, 6.07) is 11.8. The molecule has 0 aliphatic carbocycles. The zero-order valence-corrected chi connectivity index (χ0v) is 13.6. The van der Waals surface area contributed by atoms with Crippen molar-refractivity contribution in [1.29, 1.82) is 5.26 Å². The van der Waals surface area contributed by atoms with E-state index in [0.29, 0.717) is 22.3 Å². The average molecular weight is 324 g/mol. The van der Waals surface area contributed by atoms with Crippen molar-refractivity contribution in [3.63, 3.8) is 0 Å². The lowest BCUT2D eigenvalue weighted by molar-refractivity contribution is 0.826. The first-order chi connectivity index (χ1) is 11.2. The number of hydrogen-bond acceptors (Lipinski definition) is 6. The molecule has 0 atom stereocenters. The minimum Gasteiger partial charge on any atom is -0.354 e. The Kier molecular flexibility index (Phi) is 4.44. The second-order valence-electron chi connectivity index (χ2n) is 5.04. The Morgan fingerprint density at radius 3 is 2.70 bits per heavy atom. The predicted octanol–water partition coefficient (Wildman–Crippen LogP) is 3.19. The summed E-state index contributed by atoms with van der Waals surface area (Å²) in [4.78, 5) is 13.1. The van der Waals surface area contributed by atoms with Crippen molar-refractivity contribution in [1.82, 2.24) is 19.5 Å². The highest BCUT2D eigenvalue weighted by atomic mass is 32.1. The maximum Gasteiger partial charge on any atom is 0.226 e. The van der Waals surface area contributed by atoms with Crippen LogP contribution in [0, 0.1) is 11.3 Å². The van der Waals surface area contributed by atoms with Gasteiger partial charge in [-0.2, -0.15) is 15.2 Å². The number of unbranched alkanes of at least 4 members (excludes halogenated alkanes) is 1. The molecule has 0 unspecified atom stereocenters. The molecule has 116 valence electrons. The Hall–Kier alpha value is -2.59. The molecule has 6 nitrogen and oxygen atoms in total. The van der Waals surface area contributed by atoms with Gasteiger partial charge in [-0.1, -0.05) is 31.5 Å². The quantitative estimate of drug-likeness (QED) is 0.556. The molecular formula is C16H16N6S. The molecule has 2 heterocycles. The lowest BCUT2D eigenvalue weighted by Crippen LogP contribution is -2.07. The smallest absolute Gasteiger partial charge is 0.226 e. The normalized spacial score (nSPS) is 10.7. The van der Waals surface area contributed by atoms with Crippen molar-refractivity contribution in [3.05, 3.63) is 36.0 Å². The summed E-state index contributed by atoms with van der Waals surface area (Å²) in [5, 5.41) is 13.0. The van der Waals surface area contributed by atoms with E-state index in [4.69, 9.17) is 0 Å². The van der Waals surface area contributed by atoms with Gasteiger partial charge in [-0.05, 0) is 18.6 Å². The molecule has 23 heavy (non-hydrogen) atoms. The minimum atomic E-state index is 0.249. The Morgan fingerprint density at radius 2 is 2.00 bits per heavy atom. The van der Waals surface area contributed by atoms with Crippen LogP contribution in [0.5, 0.6) is 0 Å². The van der Waals surface area contributed by atoms with Crippen LogP contribution in [0.4, 0.5) is 5.95 Å².